The van der Waals surface area contributed by atoms with Gasteiger partial charge in [-0.1, -0.05) is 72.8 Å². The Morgan fingerprint density at radius 2 is 1.66 bits per heavy atom. The fourth-order valence-electron chi connectivity index (χ4n) is 4.21. The summed E-state index contributed by atoms with van der Waals surface area (Å²) in [6.07, 6.45) is 5.22. The molecule has 1 heterocycles. The molecule has 2 aromatic carbocycles. The molecular weight excluding hydrogens is 500 g/mol. The summed E-state index contributed by atoms with van der Waals surface area (Å²) in [4.78, 5) is 38.8. The van der Waals surface area contributed by atoms with E-state index in [0.29, 0.717) is 25.0 Å². The third-order valence-electron chi connectivity index (χ3n) is 6.35. The van der Waals surface area contributed by atoms with Gasteiger partial charge >= 0.3 is 5.97 Å². The van der Waals surface area contributed by atoms with Gasteiger partial charge in [-0.3, -0.25) is 14.4 Å². The lowest BCUT2D eigenvalue weighted by Crippen LogP contribution is -2.45. The Bertz CT molecular complexity index is 1050. The first-order chi connectivity index (χ1) is 18.4. The zero-order valence-corrected chi connectivity index (χ0v) is 22.7. The Labute approximate surface area is 229 Å². The van der Waals surface area contributed by atoms with Crippen molar-refractivity contribution in [1.82, 2.24) is 10.6 Å². The molecule has 0 aromatic heterocycles. The Morgan fingerprint density at radius 3 is 2.32 bits per heavy atom. The maximum atomic E-state index is 13.2. The molecule has 1 aliphatic rings. The molecule has 1 aliphatic heterocycles. The predicted molar refractivity (Wildman–Crippen MR) is 150 cm³/mol. The number of carbonyl (C=O) groups is 3. The Hall–Kier alpha value is -3.10. The molecule has 4 atom stereocenters. The van der Waals surface area contributed by atoms with Gasteiger partial charge in [-0.05, 0) is 37.3 Å². The van der Waals surface area contributed by atoms with Gasteiger partial charge in [0.05, 0.1) is 24.5 Å². The van der Waals surface area contributed by atoms with E-state index < -0.39 is 5.92 Å². The quantitative estimate of drug-likeness (QED) is 0.315. The molecule has 0 radical (unpaired) electrons. The number of rotatable bonds is 10. The van der Waals surface area contributed by atoms with Crippen LogP contribution in [0.25, 0.3) is 0 Å². The van der Waals surface area contributed by atoms with Crippen LogP contribution in [-0.4, -0.2) is 53.9 Å². The minimum Gasteiger partial charge on any atom is -0.463 e. The summed E-state index contributed by atoms with van der Waals surface area (Å²) >= 11 is 1.66. The highest BCUT2D eigenvalue weighted by molar-refractivity contribution is 7.98. The number of allylic oxidation sites excluding steroid dienone is 2. The van der Waals surface area contributed by atoms with Gasteiger partial charge in [0, 0.05) is 24.0 Å². The van der Waals surface area contributed by atoms with Crippen LogP contribution in [0.5, 0.6) is 0 Å². The number of amides is 2. The van der Waals surface area contributed by atoms with E-state index in [0.717, 1.165) is 11.3 Å². The van der Waals surface area contributed by atoms with E-state index in [9.17, 15) is 19.5 Å². The summed E-state index contributed by atoms with van der Waals surface area (Å²) in [5.74, 6) is -0.381. The monoisotopic (exact) mass is 538 g/mol. The number of aliphatic hydroxyl groups excluding tert-OH is 1. The summed E-state index contributed by atoms with van der Waals surface area (Å²) in [5, 5.41) is 15.0. The number of thioether (sulfide) groups is 1. The summed E-state index contributed by atoms with van der Waals surface area (Å²) in [5.41, 5.74) is 2.24. The third-order valence-corrected chi connectivity index (χ3v) is 7.53. The van der Waals surface area contributed by atoms with Crippen LogP contribution in [0.2, 0.25) is 0 Å². The molecule has 0 unspecified atom stereocenters. The number of ether oxygens (including phenoxy) is 1. The zero-order valence-electron chi connectivity index (χ0n) is 21.9. The summed E-state index contributed by atoms with van der Waals surface area (Å²) in [6.45, 7) is 1.61. The van der Waals surface area contributed by atoms with Crippen LogP contribution in [0, 0.1) is 11.8 Å². The van der Waals surface area contributed by atoms with Gasteiger partial charge in [0.1, 0.15) is 6.61 Å². The molecule has 0 bridgehead atoms. The van der Waals surface area contributed by atoms with Crippen LogP contribution in [0.15, 0.2) is 72.8 Å². The van der Waals surface area contributed by atoms with Crippen molar-refractivity contribution in [2.24, 2.45) is 11.8 Å². The van der Waals surface area contributed by atoms with Gasteiger partial charge in [-0.25, -0.2) is 0 Å². The Balaban J connectivity index is 1.72. The molecule has 8 heteroatoms. The average Bonchev–Trinajstić information content (AvgIpc) is 2.92. The molecule has 3 rings (SSSR count). The van der Waals surface area contributed by atoms with Crippen molar-refractivity contribution >= 4 is 29.5 Å². The van der Waals surface area contributed by atoms with Gasteiger partial charge < -0.3 is 20.5 Å². The van der Waals surface area contributed by atoms with Crippen molar-refractivity contribution in [3.05, 3.63) is 83.9 Å². The van der Waals surface area contributed by atoms with Crippen molar-refractivity contribution in [1.29, 1.82) is 0 Å². The Kier molecular flexibility index (Phi) is 12.4. The molecule has 38 heavy (non-hydrogen) atoms. The second-order valence-corrected chi connectivity index (χ2v) is 10.7. The van der Waals surface area contributed by atoms with Crippen LogP contribution < -0.4 is 10.6 Å². The van der Waals surface area contributed by atoms with Crippen LogP contribution in [0.4, 0.5) is 0 Å². The summed E-state index contributed by atoms with van der Waals surface area (Å²) in [7, 11) is 0. The van der Waals surface area contributed by atoms with E-state index in [1.165, 1.54) is 5.56 Å². The second kappa shape index (κ2) is 16.0. The number of benzene rings is 2. The molecule has 0 saturated heterocycles. The lowest BCUT2D eigenvalue weighted by Gasteiger charge is -2.24. The van der Waals surface area contributed by atoms with Crippen LogP contribution in [0.1, 0.15) is 37.3 Å². The average molecular weight is 539 g/mol. The number of carbonyl (C=O) groups excluding carboxylic acids is 3. The van der Waals surface area contributed by atoms with Crippen molar-refractivity contribution in [3.63, 3.8) is 0 Å². The van der Waals surface area contributed by atoms with Crippen molar-refractivity contribution in [2.45, 2.75) is 50.4 Å². The smallest absolute Gasteiger partial charge is 0.309 e. The first kappa shape index (κ1) is 29.5. The SMILES string of the molecule is C[C@@H](CO)NC(=O)C[C@H]1CC=CC[C@@H](Cc2ccccc2)C(=O)OC[C@H](CSCc2ccccc2)NC1=O. The minimum absolute atomic E-state index is 0.0115. The zero-order chi connectivity index (χ0) is 27.2. The van der Waals surface area contributed by atoms with E-state index in [-0.39, 0.29) is 55.4 Å². The fraction of sp³-hybridized carbons (Fsp3) is 0.433. The fourth-order valence-corrected chi connectivity index (χ4v) is 5.22. The highest BCUT2D eigenvalue weighted by Gasteiger charge is 2.27. The lowest BCUT2D eigenvalue weighted by atomic mass is 9.94. The van der Waals surface area contributed by atoms with Gasteiger partial charge in [-0.15, -0.1) is 0 Å². The molecule has 0 aliphatic carbocycles. The van der Waals surface area contributed by atoms with Gasteiger partial charge in [-0.2, -0.15) is 11.8 Å². The largest absolute Gasteiger partial charge is 0.463 e. The molecule has 2 aromatic rings. The first-order valence-electron chi connectivity index (χ1n) is 13.1. The normalized spacial score (nSPS) is 21.4. The van der Waals surface area contributed by atoms with Crippen molar-refractivity contribution in [2.75, 3.05) is 19.0 Å². The number of hydrogen-bond acceptors (Lipinski definition) is 6. The highest BCUT2D eigenvalue weighted by atomic mass is 32.2. The van der Waals surface area contributed by atoms with Crippen LogP contribution in [-0.2, 0) is 31.3 Å². The predicted octanol–water partition coefficient (Wildman–Crippen LogP) is 3.66. The first-order valence-corrected chi connectivity index (χ1v) is 14.3. The topological polar surface area (TPSA) is 105 Å². The molecule has 0 saturated carbocycles. The van der Waals surface area contributed by atoms with Crippen LogP contribution in [0.3, 0.4) is 0 Å². The molecule has 0 fully saturated rings. The molecule has 3 N–H and O–H groups in total. The molecule has 0 spiro atoms. The maximum Gasteiger partial charge on any atom is 0.309 e. The van der Waals surface area contributed by atoms with E-state index in [2.05, 4.69) is 22.8 Å². The summed E-state index contributed by atoms with van der Waals surface area (Å²) < 4.78 is 5.74. The second-order valence-electron chi connectivity index (χ2n) is 9.72. The van der Waals surface area contributed by atoms with Gasteiger partial charge in [0.15, 0.2) is 0 Å². The number of hydrogen-bond donors (Lipinski definition) is 3. The minimum atomic E-state index is -0.568. The number of nitrogens with one attached hydrogen (secondary N) is 2. The number of aliphatic hydroxyl groups is 1. The maximum absolute atomic E-state index is 13.2. The number of esters is 1. The Morgan fingerprint density at radius 1 is 1.03 bits per heavy atom. The van der Waals surface area contributed by atoms with Gasteiger partial charge in [0.25, 0.3) is 0 Å². The van der Waals surface area contributed by atoms with Crippen molar-refractivity contribution < 1.29 is 24.2 Å². The molecule has 204 valence electrons. The molecular formula is C30H38N2O5S. The van der Waals surface area contributed by atoms with Crippen LogP contribution >= 0.6 is 11.8 Å². The van der Waals surface area contributed by atoms with E-state index in [1.54, 1.807) is 18.7 Å². The molecule has 7 nitrogen and oxygen atoms in total. The molecule has 2 amide bonds. The third kappa shape index (κ3) is 10.3. The highest BCUT2D eigenvalue weighted by Crippen LogP contribution is 2.20. The van der Waals surface area contributed by atoms with E-state index >= 15 is 0 Å². The standard InChI is InChI=1S/C30H38N2O5S/c1-22(18-33)31-28(34)17-25-14-8-9-15-26(16-23-10-4-2-5-11-23)30(36)37-19-27(32-29(25)35)21-38-20-24-12-6-3-7-13-24/h2-13,22,25-27,33H,14-21H2,1H3,(H,31,34)(H,32,35)/t22-,25+,26-,27+/m0/s1. The lowest BCUT2D eigenvalue weighted by molar-refractivity contribution is -0.149. The number of cyclic esters (lactones) is 1. The van der Waals surface area contributed by atoms with E-state index in [1.807, 2.05) is 60.7 Å². The van der Waals surface area contributed by atoms with E-state index in [4.69, 9.17) is 4.74 Å². The van der Waals surface area contributed by atoms with Gasteiger partial charge in [0.2, 0.25) is 11.8 Å². The van der Waals surface area contributed by atoms with Crippen molar-refractivity contribution in [3.8, 4) is 0 Å². The summed E-state index contributed by atoms with van der Waals surface area (Å²) in [6, 6.07) is 19.1.